The zero-order chi connectivity index (χ0) is 18.9. The van der Waals surface area contributed by atoms with Gasteiger partial charge in [-0.05, 0) is 37.3 Å². The summed E-state index contributed by atoms with van der Waals surface area (Å²) >= 11 is 5.25. The third kappa shape index (κ3) is 5.25. The van der Waals surface area contributed by atoms with Gasteiger partial charge in [0.25, 0.3) is 0 Å². The van der Waals surface area contributed by atoms with Crippen molar-refractivity contribution < 1.29 is 4.79 Å². The largest absolute Gasteiger partial charge is 0.353 e. The van der Waals surface area contributed by atoms with Crippen molar-refractivity contribution in [3.63, 3.8) is 0 Å². The number of hydrogen-bond acceptors (Lipinski definition) is 4. The van der Waals surface area contributed by atoms with E-state index in [1.54, 1.807) is 4.57 Å². The summed E-state index contributed by atoms with van der Waals surface area (Å²) in [5, 5.41) is 10.1. The lowest BCUT2D eigenvalue weighted by Crippen LogP contribution is -2.39. The van der Waals surface area contributed by atoms with Crippen LogP contribution in [-0.4, -0.2) is 45.2 Å². The fraction of sp³-hybridized carbons (Fsp3) is 0.526. The zero-order valence-electron chi connectivity index (χ0n) is 15.9. The van der Waals surface area contributed by atoms with Crippen molar-refractivity contribution >= 4 is 18.1 Å². The van der Waals surface area contributed by atoms with E-state index in [-0.39, 0.29) is 18.5 Å². The molecule has 0 aliphatic heterocycles. The average Bonchev–Trinajstić information content (AvgIpc) is 2.99. The lowest BCUT2D eigenvalue weighted by Gasteiger charge is -2.30. The lowest BCUT2D eigenvalue weighted by molar-refractivity contribution is -0.122. The van der Waals surface area contributed by atoms with Gasteiger partial charge in [0.15, 0.2) is 4.77 Å². The van der Waals surface area contributed by atoms with E-state index >= 15 is 0 Å². The van der Waals surface area contributed by atoms with Crippen LogP contribution in [0.15, 0.2) is 30.3 Å². The minimum atomic E-state index is -0.0482. The Hall–Kier alpha value is -1.99. The van der Waals surface area contributed by atoms with Gasteiger partial charge in [-0.1, -0.05) is 51.1 Å². The molecule has 1 atom stereocenters. The molecule has 0 radical (unpaired) electrons. The number of aromatic nitrogens is 3. The molecule has 0 aliphatic rings. The molecule has 0 spiro atoms. The van der Waals surface area contributed by atoms with Crippen LogP contribution < -0.4 is 5.32 Å². The predicted octanol–water partition coefficient (Wildman–Crippen LogP) is 3.09. The molecular weight excluding hydrogens is 346 g/mol. The molecule has 1 amide bonds. The van der Waals surface area contributed by atoms with Crippen LogP contribution in [0.25, 0.3) is 0 Å². The third-order valence-corrected chi connectivity index (χ3v) is 4.85. The number of nitrogens with one attached hydrogen (secondary N) is 2. The van der Waals surface area contributed by atoms with E-state index in [9.17, 15) is 4.79 Å². The molecule has 0 saturated carbocycles. The molecular formula is C19H29N5OS. The maximum Gasteiger partial charge on any atom is 0.240 e. The van der Waals surface area contributed by atoms with Gasteiger partial charge < -0.3 is 5.32 Å². The van der Waals surface area contributed by atoms with Crippen LogP contribution >= 0.6 is 12.2 Å². The van der Waals surface area contributed by atoms with Crippen LogP contribution in [0.1, 0.15) is 44.6 Å². The molecule has 1 unspecified atom stereocenters. The van der Waals surface area contributed by atoms with Crippen molar-refractivity contribution in [1.29, 1.82) is 0 Å². The van der Waals surface area contributed by atoms with Gasteiger partial charge >= 0.3 is 0 Å². The molecule has 0 bridgehead atoms. The highest BCUT2D eigenvalue weighted by Crippen LogP contribution is 2.19. The van der Waals surface area contributed by atoms with Crippen LogP contribution in [0.3, 0.4) is 0 Å². The summed E-state index contributed by atoms with van der Waals surface area (Å²) in [5.74, 6) is 0.781. The van der Waals surface area contributed by atoms with Crippen molar-refractivity contribution in [2.24, 2.45) is 0 Å². The molecule has 1 aromatic carbocycles. The first kappa shape index (κ1) is 20.3. The number of carbonyl (C=O) groups excluding carboxylic acids is 1. The summed E-state index contributed by atoms with van der Waals surface area (Å²) in [6, 6.07) is 10.5. The van der Waals surface area contributed by atoms with Crippen molar-refractivity contribution in [3.8, 4) is 0 Å². The van der Waals surface area contributed by atoms with Crippen LogP contribution in [0.5, 0.6) is 0 Å². The van der Waals surface area contributed by atoms with Gasteiger partial charge in [-0.2, -0.15) is 5.10 Å². The Morgan fingerprint density at radius 2 is 1.96 bits per heavy atom. The third-order valence-electron chi connectivity index (χ3n) is 4.54. The van der Waals surface area contributed by atoms with Gasteiger partial charge in [0, 0.05) is 13.0 Å². The number of hydrogen-bond donors (Lipinski definition) is 2. The number of nitrogens with zero attached hydrogens (tertiary/aromatic N) is 3. The summed E-state index contributed by atoms with van der Waals surface area (Å²) in [7, 11) is 0. The van der Waals surface area contributed by atoms with Crippen LogP contribution in [-0.2, 0) is 17.8 Å². The average molecular weight is 376 g/mol. The zero-order valence-corrected chi connectivity index (χ0v) is 16.7. The molecule has 2 rings (SSSR count). The highest BCUT2D eigenvalue weighted by molar-refractivity contribution is 7.71. The summed E-state index contributed by atoms with van der Waals surface area (Å²) in [6.45, 7) is 8.99. The normalized spacial score (nSPS) is 12.3. The number of benzene rings is 1. The summed E-state index contributed by atoms with van der Waals surface area (Å²) in [5.41, 5.74) is 1.21. The SMILES string of the molecule is CCCc1n[nH]c(=S)n1CC(=O)NCC(c1ccccc1)N(CC)CC. The van der Waals surface area contributed by atoms with Crippen LogP contribution in [0, 0.1) is 4.77 Å². The Bertz CT molecular complexity index is 736. The molecule has 142 valence electrons. The predicted molar refractivity (Wildman–Crippen MR) is 107 cm³/mol. The van der Waals surface area contributed by atoms with Crippen molar-refractivity contribution in [2.75, 3.05) is 19.6 Å². The van der Waals surface area contributed by atoms with Gasteiger partial charge in [-0.15, -0.1) is 0 Å². The highest BCUT2D eigenvalue weighted by atomic mass is 32.1. The van der Waals surface area contributed by atoms with E-state index in [1.165, 1.54) is 5.56 Å². The fourth-order valence-electron chi connectivity index (χ4n) is 3.14. The number of aromatic amines is 1. The second kappa shape index (κ2) is 10.2. The molecule has 1 aromatic heterocycles. The molecule has 0 fully saturated rings. The van der Waals surface area contributed by atoms with E-state index in [0.717, 1.165) is 31.8 Å². The first-order valence-corrected chi connectivity index (χ1v) is 9.71. The standard InChI is InChI=1S/C19H29N5OS/c1-4-10-17-21-22-19(26)24(17)14-18(25)20-13-16(23(5-2)6-3)15-11-8-7-9-12-15/h7-9,11-12,16H,4-6,10,13-14H2,1-3H3,(H,20,25)(H,22,26). The van der Waals surface area contributed by atoms with Gasteiger partial charge in [0.1, 0.15) is 12.4 Å². The minimum Gasteiger partial charge on any atom is -0.353 e. The number of likely N-dealkylation sites (N-methyl/N-ethyl adjacent to an activating group) is 1. The van der Waals surface area contributed by atoms with Gasteiger partial charge in [-0.3, -0.25) is 19.4 Å². The molecule has 2 aromatic rings. The smallest absolute Gasteiger partial charge is 0.240 e. The van der Waals surface area contributed by atoms with E-state index < -0.39 is 0 Å². The number of H-pyrrole nitrogens is 1. The number of rotatable bonds is 10. The van der Waals surface area contributed by atoms with Crippen LogP contribution in [0.4, 0.5) is 0 Å². The Balaban J connectivity index is 2.05. The second-order valence-electron chi connectivity index (χ2n) is 6.23. The van der Waals surface area contributed by atoms with Gasteiger partial charge in [0.05, 0.1) is 6.04 Å². The van der Waals surface area contributed by atoms with Gasteiger partial charge in [-0.25, -0.2) is 0 Å². The minimum absolute atomic E-state index is 0.0482. The molecule has 0 saturated heterocycles. The van der Waals surface area contributed by atoms with E-state index in [4.69, 9.17) is 12.2 Å². The first-order chi connectivity index (χ1) is 12.6. The molecule has 7 heteroatoms. The van der Waals surface area contributed by atoms with E-state index in [0.29, 0.717) is 11.3 Å². The maximum atomic E-state index is 12.5. The number of amides is 1. The Morgan fingerprint density at radius 1 is 1.27 bits per heavy atom. The monoisotopic (exact) mass is 375 g/mol. The van der Waals surface area contributed by atoms with Crippen LogP contribution in [0.2, 0.25) is 0 Å². The molecule has 26 heavy (non-hydrogen) atoms. The summed E-state index contributed by atoms with van der Waals surface area (Å²) in [6.07, 6.45) is 1.76. The first-order valence-electron chi connectivity index (χ1n) is 9.30. The molecule has 0 aliphatic carbocycles. The Morgan fingerprint density at radius 3 is 2.58 bits per heavy atom. The molecule has 6 nitrogen and oxygen atoms in total. The van der Waals surface area contributed by atoms with Gasteiger partial charge in [0.2, 0.25) is 5.91 Å². The summed E-state index contributed by atoms with van der Waals surface area (Å²) < 4.78 is 2.27. The Kier molecular flexibility index (Phi) is 8.00. The quantitative estimate of drug-likeness (QED) is 0.626. The fourth-order valence-corrected chi connectivity index (χ4v) is 3.35. The molecule has 2 N–H and O–H groups in total. The summed E-state index contributed by atoms with van der Waals surface area (Å²) in [4.78, 5) is 14.9. The molecule has 1 heterocycles. The highest BCUT2D eigenvalue weighted by Gasteiger charge is 2.19. The van der Waals surface area contributed by atoms with Crippen molar-refractivity contribution in [1.82, 2.24) is 25.0 Å². The topological polar surface area (TPSA) is 66.0 Å². The van der Waals surface area contributed by atoms with E-state index in [1.807, 2.05) is 18.2 Å². The van der Waals surface area contributed by atoms with E-state index in [2.05, 4.69) is 53.3 Å². The maximum absolute atomic E-state index is 12.5. The number of carbonyl (C=O) groups is 1. The number of aryl methyl sites for hydroxylation is 1. The van der Waals surface area contributed by atoms with Crippen molar-refractivity contribution in [3.05, 3.63) is 46.5 Å². The Labute approximate surface area is 160 Å². The second-order valence-corrected chi connectivity index (χ2v) is 6.62. The lowest BCUT2D eigenvalue weighted by atomic mass is 10.1. The van der Waals surface area contributed by atoms with Crippen molar-refractivity contribution in [2.45, 2.75) is 46.2 Å².